The van der Waals surface area contributed by atoms with Gasteiger partial charge in [-0.05, 0) is 6.42 Å². The minimum Gasteiger partial charge on any atom is -0.342 e. The van der Waals surface area contributed by atoms with Crippen molar-refractivity contribution in [1.82, 2.24) is 10.2 Å². The number of nitrogens with one attached hydrogen (secondary N) is 1. The van der Waals surface area contributed by atoms with Gasteiger partial charge in [0.1, 0.15) is 0 Å². The maximum absolute atomic E-state index is 11.7. The molecule has 0 atom stereocenters. The van der Waals surface area contributed by atoms with Gasteiger partial charge in [0.2, 0.25) is 5.91 Å². The number of nitrogens with zero attached hydrogens (tertiary/aromatic N) is 1. The molecule has 0 bridgehead atoms. The van der Waals surface area contributed by atoms with Gasteiger partial charge in [0.05, 0.1) is 0 Å². The summed E-state index contributed by atoms with van der Waals surface area (Å²) in [5.74, 6) is 0.479. The molecule has 0 radical (unpaired) electrons. The first kappa shape index (κ1) is 9.00. The van der Waals surface area contributed by atoms with Gasteiger partial charge in [-0.25, -0.2) is 0 Å². The third kappa shape index (κ3) is 1.46. The van der Waals surface area contributed by atoms with Gasteiger partial charge in [-0.15, -0.1) is 0 Å². The number of hydrogen-bond acceptors (Lipinski definition) is 2. The van der Waals surface area contributed by atoms with Gasteiger partial charge < -0.3 is 10.2 Å². The van der Waals surface area contributed by atoms with E-state index >= 15 is 0 Å². The monoisotopic (exact) mass is 182 g/mol. The molecule has 0 aromatic carbocycles. The second-order valence-electron chi connectivity index (χ2n) is 4.77. The van der Waals surface area contributed by atoms with E-state index in [2.05, 4.69) is 5.32 Å². The second kappa shape index (κ2) is 2.98. The third-order valence-electron chi connectivity index (χ3n) is 3.24. The van der Waals surface area contributed by atoms with Gasteiger partial charge in [0.25, 0.3) is 0 Å². The Bertz CT molecular complexity index is 221. The number of amides is 1. The van der Waals surface area contributed by atoms with Crippen molar-refractivity contribution < 1.29 is 4.79 Å². The minimum atomic E-state index is 0.156. The standard InChI is InChI=1S/C10H18N2O/c1-8(2)9(13)12-4-3-10(7-12)5-11-6-10/h8,11H,3-7H2,1-2H3. The molecule has 0 aromatic rings. The molecule has 2 fully saturated rings. The normalized spacial score (nSPS) is 25.3. The van der Waals surface area contributed by atoms with Crippen LogP contribution in [0.1, 0.15) is 20.3 Å². The summed E-state index contributed by atoms with van der Waals surface area (Å²) in [5.41, 5.74) is 0.449. The van der Waals surface area contributed by atoms with E-state index in [9.17, 15) is 4.79 Å². The van der Waals surface area contributed by atoms with Gasteiger partial charge in [0.15, 0.2) is 0 Å². The number of carbonyl (C=O) groups is 1. The first-order valence-corrected chi connectivity index (χ1v) is 5.12. The average molecular weight is 182 g/mol. The van der Waals surface area contributed by atoms with E-state index in [1.54, 1.807) is 0 Å². The highest BCUT2D eigenvalue weighted by Crippen LogP contribution is 2.34. The SMILES string of the molecule is CC(C)C(=O)N1CCC2(CNC2)C1. The Morgan fingerprint density at radius 2 is 2.15 bits per heavy atom. The van der Waals surface area contributed by atoms with Crippen LogP contribution in [0.2, 0.25) is 0 Å². The molecule has 1 amide bonds. The quantitative estimate of drug-likeness (QED) is 0.639. The minimum absolute atomic E-state index is 0.156. The summed E-state index contributed by atoms with van der Waals surface area (Å²) in [5, 5.41) is 3.29. The summed E-state index contributed by atoms with van der Waals surface area (Å²) < 4.78 is 0. The lowest BCUT2D eigenvalue weighted by molar-refractivity contribution is -0.133. The topological polar surface area (TPSA) is 32.3 Å². The lowest BCUT2D eigenvalue weighted by Gasteiger charge is -2.39. The van der Waals surface area contributed by atoms with E-state index in [1.165, 1.54) is 6.42 Å². The van der Waals surface area contributed by atoms with Crippen LogP contribution in [0, 0.1) is 11.3 Å². The molecular weight excluding hydrogens is 164 g/mol. The zero-order chi connectivity index (χ0) is 9.47. The van der Waals surface area contributed by atoms with Crippen LogP contribution in [-0.4, -0.2) is 37.0 Å². The number of hydrogen-bond donors (Lipinski definition) is 1. The Morgan fingerprint density at radius 1 is 1.46 bits per heavy atom. The van der Waals surface area contributed by atoms with Crippen molar-refractivity contribution in [2.75, 3.05) is 26.2 Å². The van der Waals surface area contributed by atoms with E-state index in [-0.39, 0.29) is 5.92 Å². The molecule has 1 spiro atoms. The molecule has 0 aliphatic carbocycles. The first-order valence-electron chi connectivity index (χ1n) is 5.12. The van der Waals surface area contributed by atoms with Crippen molar-refractivity contribution in [3.05, 3.63) is 0 Å². The molecule has 2 aliphatic rings. The van der Waals surface area contributed by atoms with E-state index in [4.69, 9.17) is 0 Å². The summed E-state index contributed by atoms with van der Waals surface area (Å²) in [6.07, 6.45) is 1.19. The predicted octanol–water partition coefficient (Wildman–Crippen LogP) is 0.464. The van der Waals surface area contributed by atoms with Gasteiger partial charge in [0, 0.05) is 37.5 Å². The zero-order valence-electron chi connectivity index (χ0n) is 8.47. The molecule has 0 aromatic heterocycles. The Morgan fingerprint density at radius 3 is 2.54 bits per heavy atom. The molecule has 0 unspecified atom stereocenters. The molecule has 1 N–H and O–H groups in total. The van der Waals surface area contributed by atoms with Gasteiger partial charge in [-0.1, -0.05) is 13.8 Å². The molecule has 0 saturated carbocycles. The maximum Gasteiger partial charge on any atom is 0.225 e. The van der Waals surface area contributed by atoms with Crippen molar-refractivity contribution in [2.45, 2.75) is 20.3 Å². The summed E-state index contributed by atoms with van der Waals surface area (Å²) in [6, 6.07) is 0. The summed E-state index contributed by atoms with van der Waals surface area (Å²) in [7, 11) is 0. The summed E-state index contributed by atoms with van der Waals surface area (Å²) in [6.45, 7) is 8.12. The van der Waals surface area contributed by atoms with Crippen LogP contribution in [0.5, 0.6) is 0 Å². The smallest absolute Gasteiger partial charge is 0.225 e. The predicted molar refractivity (Wildman–Crippen MR) is 51.3 cm³/mol. The van der Waals surface area contributed by atoms with Crippen LogP contribution in [0.15, 0.2) is 0 Å². The van der Waals surface area contributed by atoms with Crippen LogP contribution >= 0.6 is 0 Å². The third-order valence-corrected chi connectivity index (χ3v) is 3.24. The maximum atomic E-state index is 11.7. The molecule has 13 heavy (non-hydrogen) atoms. The van der Waals surface area contributed by atoms with Crippen molar-refractivity contribution in [3.63, 3.8) is 0 Å². The number of rotatable bonds is 1. The average Bonchev–Trinajstić information content (AvgIpc) is 2.45. The molecule has 2 rings (SSSR count). The largest absolute Gasteiger partial charge is 0.342 e. The summed E-state index contributed by atoms with van der Waals surface area (Å²) >= 11 is 0. The van der Waals surface area contributed by atoms with E-state index in [1.807, 2.05) is 18.7 Å². The summed E-state index contributed by atoms with van der Waals surface area (Å²) in [4.78, 5) is 13.7. The van der Waals surface area contributed by atoms with E-state index in [0.717, 1.165) is 26.2 Å². The highest BCUT2D eigenvalue weighted by atomic mass is 16.2. The first-order chi connectivity index (χ1) is 6.13. The Balaban J connectivity index is 1.94. The van der Waals surface area contributed by atoms with Crippen molar-refractivity contribution in [1.29, 1.82) is 0 Å². The molecular formula is C10H18N2O. The second-order valence-corrected chi connectivity index (χ2v) is 4.77. The van der Waals surface area contributed by atoms with E-state index in [0.29, 0.717) is 11.3 Å². The van der Waals surface area contributed by atoms with Crippen LogP contribution in [0.3, 0.4) is 0 Å². The highest BCUT2D eigenvalue weighted by Gasteiger charge is 2.44. The molecule has 2 heterocycles. The highest BCUT2D eigenvalue weighted by molar-refractivity contribution is 5.78. The van der Waals surface area contributed by atoms with Crippen LogP contribution < -0.4 is 5.32 Å². The molecule has 2 saturated heterocycles. The molecule has 3 heteroatoms. The van der Waals surface area contributed by atoms with Gasteiger partial charge in [-0.3, -0.25) is 4.79 Å². The molecule has 2 aliphatic heterocycles. The van der Waals surface area contributed by atoms with E-state index < -0.39 is 0 Å². The lowest BCUT2D eigenvalue weighted by atomic mass is 9.81. The van der Waals surface area contributed by atoms with Crippen LogP contribution in [0.4, 0.5) is 0 Å². The Hall–Kier alpha value is -0.570. The van der Waals surface area contributed by atoms with Crippen molar-refractivity contribution in [3.8, 4) is 0 Å². The lowest BCUT2D eigenvalue weighted by Crippen LogP contribution is -2.55. The van der Waals surface area contributed by atoms with Crippen molar-refractivity contribution in [2.24, 2.45) is 11.3 Å². The van der Waals surface area contributed by atoms with Crippen LogP contribution in [-0.2, 0) is 4.79 Å². The number of carbonyl (C=O) groups excluding carboxylic acids is 1. The molecule has 3 nitrogen and oxygen atoms in total. The Labute approximate surface area is 79.5 Å². The fourth-order valence-electron chi connectivity index (χ4n) is 2.26. The number of likely N-dealkylation sites (tertiary alicyclic amines) is 1. The van der Waals surface area contributed by atoms with Gasteiger partial charge >= 0.3 is 0 Å². The Kier molecular flexibility index (Phi) is 2.06. The van der Waals surface area contributed by atoms with Gasteiger partial charge in [-0.2, -0.15) is 0 Å². The fraction of sp³-hybridized carbons (Fsp3) is 0.900. The molecule has 74 valence electrons. The zero-order valence-corrected chi connectivity index (χ0v) is 8.47. The van der Waals surface area contributed by atoms with Crippen LogP contribution in [0.25, 0.3) is 0 Å². The van der Waals surface area contributed by atoms with Crippen molar-refractivity contribution >= 4 is 5.91 Å². The fourth-order valence-corrected chi connectivity index (χ4v) is 2.26.